The number of carbonyl (C=O) groups is 4. The molecule has 1 atom stereocenters. The first-order chi connectivity index (χ1) is 12.4. The van der Waals surface area contributed by atoms with Crippen molar-refractivity contribution in [3.8, 4) is 0 Å². The molecule has 1 N–H and O–H groups in total. The second-order valence-corrected chi connectivity index (χ2v) is 6.04. The highest BCUT2D eigenvalue weighted by Gasteiger charge is 2.43. The summed E-state index contributed by atoms with van der Waals surface area (Å²) in [6.45, 7) is 1.64. The van der Waals surface area contributed by atoms with Gasteiger partial charge in [0.05, 0.1) is 0 Å². The molecule has 2 aliphatic heterocycles. The number of imide groups is 1. The number of nitrogens with zero attached hydrogens (tertiary/aromatic N) is 2. The summed E-state index contributed by atoms with van der Waals surface area (Å²) in [4.78, 5) is 50.8. The molecule has 8 nitrogen and oxygen atoms in total. The highest BCUT2D eigenvalue weighted by molar-refractivity contribution is 6.05. The van der Waals surface area contributed by atoms with E-state index in [1.807, 2.05) is 0 Å². The summed E-state index contributed by atoms with van der Waals surface area (Å²) in [6, 6.07) is 3.00. The number of likely N-dealkylation sites (tertiary alicyclic amines) is 1. The number of hydrogen-bond acceptors (Lipinski definition) is 5. The standard InChI is InChI=1S/C17H18FN3O5/c1-2-19-17(25)26-9-21-14(22)6-5-13(16(21)24)20-8-10-7-11(18)3-4-12(10)15(20)23/h3-4,7,13H,2,5-6,8-9H2,1H3,(H,19,25). The summed E-state index contributed by atoms with van der Waals surface area (Å²) in [7, 11) is 0. The second-order valence-electron chi connectivity index (χ2n) is 6.04. The van der Waals surface area contributed by atoms with Crippen molar-refractivity contribution in [2.24, 2.45) is 0 Å². The molecule has 4 amide bonds. The molecule has 26 heavy (non-hydrogen) atoms. The number of hydrogen-bond donors (Lipinski definition) is 1. The van der Waals surface area contributed by atoms with E-state index in [0.717, 1.165) is 4.90 Å². The van der Waals surface area contributed by atoms with Crippen LogP contribution in [0, 0.1) is 5.82 Å². The van der Waals surface area contributed by atoms with Crippen molar-refractivity contribution in [2.45, 2.75) is 32.4 Å². The molecule has 1 aromatic rings. The van der Waals surface area contributed by atoms with Crippen molar-refractivity contribution in [1.29, 1.82) is 0 Å². The van der Waals surface area contributed by atoms with E-state index >= 15 is 0 Å². The van der Waals surface area contributed by atoms with Crippen LogP contribution in [0.3, 0.4) is 0 Å². The molecule has 1 aromatic carbocycles. The topological polar surface area (TPSA) is 96.0 Å². The van der Waals surface area contributed by atoms with Crippen LogP contribution in [0.25, 0.3) is 0 Å². The van der Waals surface area contributed by atoms with Crippen LogP contribution in [0.4, 0.5) is 9.18 Å². The van der Waals surface area contributed by atoms with E-state index in [4.69, 9.17) is 4.74 Å². The Morgan fingerprint density at radius 2 is 2.12 bits per heavy atom. The van der Waals surface area contributed by atoms with Gasteiger partial charge in [-0.25, -0.2) is 14.1 Å². The Morgan fingerprint density at radius 1 is 1.35 bits per heavy atom. The highest BCUT2D eigenvalue weighted by atomic mass is 19.1. The van der Waals surface area contributed by atoms with Crippen molar-refractivity contribution in [1.82, 2.24) is 15.1 Å². The van der Waals surface area contributed by atoms with Gasteiger partial charge in [0.2, 0.25) is 5.91 Å². The first kappa shape index (κ1) is 17.8. The summed E-state index contributed by atoms with van der Waals surface area (Å²) in [5.74, 6) is -1.91. The predicted molar refractivity (Wildman–Crippen MR) is 86.2 cm³/mol. The van der Waals surface area contributed by atoms with E-state index in [9.17, 15) is 23.6 Å². The Labute approximate surface area is 148 Å². The van der Waals surface area contributed by atoms with Crippen molar-refractivity contribution >= 4 is 23.8 Å². The van der Waals surface area contributed by atoms with Crippen LogP contribution in [-0.4, -0.2) is 52.9 Å². The van der Waals surface area contributed by atoms with Crippen LogP contribution in [0.15, 0.2) is 18.2 Å². The van der Waals surface area contributed by atoms with E-state index in [-0.39, 0.29) is 25.3 Å². The Kier molecular flexibility index (Phi) is 4.88. The summed E-state index contributed by atoms with van der Waals surface area (Å²) >= 11 is 0. The zero-order valence-electron chi connectivity index (χ0n) is 14.2. The lowest BCUT2D eigenvalue weighted by Gasteiger charge is -2.34. The third kappa shape index (κ3) is 3.24. The van der Waals surface area contributed by atoms with Gasteiger partial charge in [-0.05, 0) is 37.1 Å². The number of halogens is 1. The maximum Gasteiger partial charge on any atom is 0.408 e. The van der Waals surface area contributed by atoms with Gasteiger partial charge in [-0.15, -0.1) is 0 Å². The molecule has 0 aliphatic carbocycles. The first-order valence-corrected chi connectivity index (χ1v) is 8.26. The van der Waals surface area contributed by atoms with Gasteiger partial charge in [-0.1, -0.05) is 0 Å². The molecule has 0 radical (unpaired) electrons. The maximum atomic E-state index is 13.4. The SMILES string of the molecule is CCNC(=O)OCN1C(=O)CCC(N2Cc3cc(F)ccc3C2=O)C1=O. The Morgan fingerprint density at radius 3 is 2.85 bits per heavy atom. The summed E-state index contributed by atoms with van der Waals surface area (Å²) in [5, 5.41) is 2.39. The minimum absolute atomic E-state index is 0.0453. The lowest BCUT2D eigenvalue weighted by atomic mass is 10.0. The number of rotatable bonds is 4. The molecule has 1 unspecified atom stereocenters. The summed E-state index contributed by atoms with van der Waals surface area (Å²) in [6.07, 6.45) is -0.517. The fourth-order valence-electron chi connectivity index (χ4n) is 3.13. The molecule has 0 bridgehead atoms. The van der Waals surface area contributed by atoms with Crippen LogP contribution < -0.4 is 5.32 Å². The third-order valence-electron chi connectivity index (χ3n) is 4.41. The van der Waals surface area contributed by atoms with Gasteiger partial charge in [0.1, 0.15) is 11.9 Å². The zero-order valence-corrected chi connectivity index (χ0v) is 14.2. The number of benzene rings is 1. The van der Waals surface area contributed by atoms with E-state index in [2.05, 4.69) is 5.32 Å². The second kappa shape index (κ2) is 7.11. The van der Waals surface area contributed by atoms with E-state index in [0.29, 0.717) is 17.7 Å². The minimum atomic E-state index is -0.853. The van der Waals surface area contributed by atoms with Gasteiger partial charge >= 0.3 is 6.09 Å². The molecule has 3 rings (SSSR count). The molecule has 2 heterocycles. The molecule has 2 aliphatic rings. The number of fused-ring (bicyclic) bond motifs is 1. The molecule has 1 fully saturated rings. The van der Waals surface area contributed by atoms with Crippen LogP contribution in [0.5, 0.6) is 0 Å². The van der Waals surface area contributed by atoms with E-state index in [1.165, 1.54) is 23.1 Å². The van der Waals surface area contributed by atoms with Crippen molar-refractivity contribution in [2.75, 3.05) is 13.3 Å². The van der Waals surface area contributed by atoms with Gasteiger partial charge in [-0.3, -0.25) is 14.4 Å². The van der Waals surface area contributed by atoms with Crippen LogP contribution in [-0.2, 0) is 20.9 Å². The first-order valence-electron chi connectivity index (χ1n) is 8.26. The van der Waals surface area contributed by atoms with Gasteiger partial charge in [0.25, 0.3) is 11.8 Å². The molecule has 138 valence electrons. The number of nitrogens with one attached hydrogen (secondary N) is 1. The number of alkyl carbamates (subject to hydrolysis) is 1. The Balaban J connectivity index is 1.73. The average molecular weight is 363 g/mol. The van der Waals surface area contributed by atoms with Crippen molar-refractivity contribution < 1.29 is 28.3 Å². The van der Waals surface area contributed by atoms with Gasteiger partial charge in [0.15, 0.2) is 6.73 Å². The van der Waals surface area contributed by atoms with E-state index < -0.39 is 36.5 Å². The minimum Gasteiger partial charge on any atom is -0.428 e. The molecule has 9 heteroatoms. The summed E-state index contributed by atoms with van der Waals surface area (Å²) < 4.78 is 18.2. The molecular weight excluding hydrogens is 345 g/mol. The molecular formula is C17H18FN3O5. The number of piperidine rings is 1. The number of amides is 4. The molecule has 1 saturated heterocycles. The van der Waals surface area contributed by atoms with Crippen LogP contribution in [0.2, 0.25) is 0 Å². The zero-order chi connectivity index (χ0) is 18.8. The van der Waals surface area contributed by atoms with Crippen LogP contribution in [0.1, 0.15) is 35.7 Å². The predicted octanol–water partition coefficient (Wildman–Crippen LogP) is 1.00. The average Bonchev–Trinajstić information content (AvgIpc) is 2.91. The lowest BCUT2D eigenvalue weighted by molar-refractivity contribution is -0.156. The molecule has 0 aromatic heterocycles. The summed E-state index contributed by atoms with van der Waals surface area (Å²) in [5.41, 5.74) is 0.853. The normalized spacial score (nSPS) is 19.6. The maximum absolute atomic E-state index is 13.4. The monoisotopic (exact) mass is 363 g/mol. The van der Waals surface area contributed by atoms with E-state index in [1.54, 1.807) is 6.92 Å². The van der Waals surface area contributed by atoms with Crippen LogP contribution >= 0.6 is 0 Å². The molecule has 0 spiro atoms. The van der Waals surface area contributed by atoms with Crippen molar-refractivity contribution in [3.05, 3.63) is 35.1 Å². The number of ether oxygens (including phenoxy) is 1. The smallest absolute Gasteiger partial charge is 0.408 e. The fourth-order valence-corrected chi connectivity index (χ4v) is 3.13. The Hall–Kier alpha value is -2.97. The highest BCUT2D eigenvalue weighted by Crippen LogP contribution is 2.29. The number of carbonyl (C=O) groups excluding carboxylic acids is 4. The Bertz CT molecular complexity index is 782. The van der Waals surface area contributed by atoms with Gasteiger partial charge < -0.3 is 15.0 Å². The quantitative estimate of drug-likeness (QED) is 0.805. The fraction of sp³-hybridized carbons (Fsp3) is 0.412. The lowest BCUT2D eigenvalue weighted by Crippen LogP contribution is -2.55. The molecule has 0 saturated carbocycles. The van der Waals surface area contributed by atoms with Crippen molar-refractivity contribution in [3.63, 3.8) is 0 Å². The third-order valence-corrected chi connectivity index (χ3v) is 4.41. The largest absolute Gasteiger partial charge is 0.428 e. The van der Waals surface area contributed by atoms with Gasteiger partial charge in [0, 0.05) is 25.1 Å². The van der Waals surface area contributed by atoms with Gasteiger partial charge in [-0.2, -0.15) is 0 Å².